The molecule has 1 aromatic carbocycles. The summed E-state index contributed by atoms with van der Waals surface area (Å²) in [7, 11) is 0. The van der Waals surface area contributed by atoms with Crippen LogP contribution in [-0.4, -0.2) is 17.4 Å². The summed E-state index contributed by atoms with van der Waals surface area (Å²) >= 11 is 0. The summed E-state index contributed by atoms with van der Waals surface area (Å²) in [5.41, 5.74) is 1.38. The Labute approximate surface area is 123 Å². The number of carbonyl (C=O) groups is 1. The average molecular weight is 280 g/mol. The van der Waals surface area contributed by atoms with E-state index in [0.29, 0.717) is 22.6 Å². The number of para-hydroxylation sites is 1. The van der Waals surface area contributed by atoms with Gasteiger partial charge in [0.2, 0.25) is 0 Å². The molecule has 2 N–H and O–H groups in total. The molecule has 0 spiro atoms. The van der Waals surface area contributed by atoms with Gasteiger partial charge in [-0.3, -0.25) is 4.79 Å². The fraction of sp³-hybridized carbons (Fsp3) is 0.188. The number of anilines is 2. The van der Waals surface area contributed by atoms with Gasteiger partial charge >= 0.3 is 0 Å². The SMILES string of the molecule is CCCNc1ncccc1C(=O)Nc1ccccc1C#N. The molecule has 0 saturated carbocycles. The van der Waals surface area contributed by atoms with Crippen molar-refractivity contribution in [1.82, 2.24) is 4.98 Å². The van der Waals surface area contributed by atoms with Crippen LogP contribution in [0.2, 0.25) is 0 Å². The van der Waals surface area contributed by atoms with Gasteiger partial charge in [0.1, 0.15) is 11.9 Å². The first-order valence-electron chi connectivity index (χ1n) is 6.75. The maximum Gasteiger partial charge on any atom is 0.259 e. The second-order valence-electron chi connectivity index (χ2n) is 4.44. The van der Waals surface area contributed by atoms with Crippen LogP contribution in [0.15, 0.2) is 42.6 Å². The highest BCUT2D eigenvalue weighted by Gasteiger charge is 2.13. The van der Waals surface area contributed by atoms with Crippen molar-refractivity contribution in [1.29, 1.82) is 5.26 Å². The van der Waals surface area contributed by atoms with E-state index >= 15 is 0 Å². The van der Waals surface area contributed by atoms with E-state index in [1.54, 1.807) is 42.6 Å². The molecule has 0 fully saturated rings. The maximum absolute atomic E-state index is 12.4. The second kappa shape index (κ2) is 7.06. The molecule has 0 unspecified atom stereocenters. The molecule has 0 atom stereocenters. The smallest absolute Gasteiger partial charge is 0.259 e. The minimum absolute atomic E-state index is 0.288. The molecule has 2 rings (SSSR count). The van der Waals surface area contributed by atoms with Crippen LogP contribution in [0.4, 0.5) is 11.5 Å². The summed E-state index contributed by atoms with van der Waals surface area (Å²) in [6.07, 6.45) is 2.58. The fourth-order valence-corrected chi connectivity index (χ4v) is 1.85. The third-order valence-corrected chi connectivity index (χ3v) is 2.89. The van der Waals surface area contributed by atoms with Crippen LogP contribution in [0, 0.1) is 11.3 Å². The molecule has 106 valence electrons. The van der Waals surface area contributed by atoms with Gasteiger partial charge < -0.3 is 10.6 Å². The van der Waals surface area contributed by atoms with Crippen molar-refractivity contribution in [2.24, 2.45) is 0 Å². The van der Waals surface area contributed by atoms with E-state index in [9.17, 15) is 4.79 Å². The second-order valence-corrected chi connectivity index (χ2v) is 4.44. The van der Waals surface area contributed by atoms with Crippen molar-refractivity contribution in [2.75, 3.05) is 17.2 Å². The summed E-state index contributed by atoms with van der Waals surface area (Å²) in [6, 6.07) is 12.4. The first-order chi connectivity index (χ1) is 10.3. The van der Waals surface area contributed by atoms with Gasteiger partial charge in [-0.25, -0.2) is 4.98 Å². The van der Waals surface area contributed by atoms with Crippen LogP contribution in [0.1, 0.15) is 29.3 Å². The molecule has 0 saturated heterocycles. The van der Waals surface area contributed by atoms with Gasteiger partial charge in [-0.1, -0.05) is 19.1 Å². The first kappa shape index (κ1) is 14.5. The van der Waals surface area contributed by atoms with Crippen LogP contribution >= 0.6 is 0 Å². The number of pyridine rings is 1. The zero-order valence-electron chi connectivity index (χ0n) is 11.8. The fourth-order valence-electron chi connectivity index (χ4n) is 1.85. The molecular weight excluding hydrogens is 264 g/mol. The van der Waals surface area contributed by atoms with Crippen LogP contribution in [0.5, 0.6) is 0 Å². The van der Waals surface area contributed by atoms with Crippen molar-refractivity contribution in [3.63, 3.8) is 0 Å². The Morgan fingerprint density at radius 2 is 2.10 bits per heavy atom. The van der Waals surface area contributed by atoms with Crippen LogP contribution in [0.25, 0.3) is 0 Å². The van der Waals surface area contributed by atoms with E-state index in [1.165, 1.54) is 0 Å². The topological polar surface area (TPSA) is 77.8 Å². The largest absolute Gasteiger partial charge is 0.369 e. The van der Waals surface area contributed by atoms with Gasteiger partial charge in [0.25, 0.3) is 5.91 Å². The Morgan fingerprint density at radius 1 is 1.29 bits per heavy atom. The lowest BCUT2D eigenvalue weighted by atomic mass is 10.1. The summed E-state index contributed by atoms with van der Waals surface area (Å²) in [6.45, 7) is 2.78. The highest BCUT2D eigenvalue weighted by Crippen LogP contribution is 2.17. The molecular formula is C16H16N4O. The number of hydrogen-bond donors (Lipinski definition) is 2. The predicted molar refractivity (Wildman–Crippen MR) is 82.1 cm³/mol. The lowest BCUT2D eigenvalue weighted by Gasteiger charge is -2.11. The van der Waals surface area contributed by atoms with Gasteiger partial charge in [-0.2, -0.15) is 5.26 Å². The van der Waals surface area contributed by atoms with E-state index in [4.69, 9.17) is 5.26 Å². The average Bonchev–Trinajstić information content (AvgIpc) is 2.53. The van der Waals surface area contributed by atoms with E-state index in [1.807, 2.05) is 6.92 Å². The van der Waals surface area contributed by atoms with Gasteiger partial charge in [0, 0.05) is 12.7 Å². The summed E-state index contributed by atoms with van der Waals surface area (Å²) in [5.74, 6) is 0.260. The number of nitrogens with zero attached hydrogens (tertiary/aromatic N) is 2. The molecule has 5 heteroatoms. The van der Waals surface area contributed by atoms with Crippen LogP contribution in [-0.2, 0) is 0 Å². The minimum Gasteiger partial charge on any atom is -0.369 e. The molecule has 0 aliphatic carbocycles. The molecule has 0 radical (unpaired) electrons. The quantitative estimate of drug-likeness (QED) is 0.882. The Kier molecular flexibility index (Phi) is 4.89. The Morgan fingerprint density at radius 3 is 2.86 bits per heavy atom. The molecule has 1 heterocycles. The summed E-state index contributed by atoms with van der Waals surface area (Å²) < 4.78 is 0. The third kappa shape index (κ3) is 3.57. The number of hydrogen-bond acceptors (Lipinski definition) is 4. The minimum atomic E-state index is -0.288. The lowest BCUT2D eigenvalue weighted by molar-refractivity contribution is 0.102. The van der Waals surface area contributed by atoms with E-state index in [-0.39, 0.29) is 5.91 Å². The molecule has 1 aromatic heterocycles. The summed E-state index contributed by atoms with van der Waals surface area (Å²) in [4.78, 5) is 16.6. The first-order valence-corrected chi connectivity index (χ1v) is 6.75. The predicted octanol–water partition coefficient (Wildman–Crippen LogP) is 3.03. The molecule has 0 aliphatic rings. The highest BCUT2D eigenvalue weighted by molar-refractivity contribution is 6.07. The molecule has 2 aromatic rings. The maximum atomic E-state index is 12.4. The molecule has 0 bridgehead atoms. The van der Waals surface area contributed by atoms with Crippen molar-refractivity contribution in [3.8, 4) is 6.07 Å². The number of aromatic nitrogens is 1. The Balaban J connectivity index is 2.23. The van der Waals surface area contributed by atoms with E-state index in [2.05, 4.69) is 21.7 Å². The molecule has 5 nitrogen and oxygen atoms in total. The number of nitriles is 1. The number of rotatable bonds is 5. The highest BCUT2D eigenvalue weighted by atomic mass is 16.1. The number of carbonyl (C=O) groups excluding carboxylic acids is 1. The van der Waals surface area contributed by atoms with Crippen molar-refractivity contribution < 1.29 is 4.79 Å². The molecule has 21 heavy (non-hydrogen) atoms. The van der Waals surface area contributed by atoms with Crippen molar-refractivity contribution in [2.45, 2.75) is 13.3 Å². The Bertz CT molecular complexity index is 676. The standard InChI is InChI=1S/C16H16N4O/c1-2-9-18-15-13(7-5-10-19-15)16(21)20-14-8-4-3-6-12(14)11-17/h3-8,10H,2,9H2,1H3,(H,18,19)(H,20,21). The lowest BCUT2D eigenvalue weighted by Crippen LogP contribution is -2.16. The third-order valence-electron chi connectivity index (χ3n) is 2.89. The zero-order chi connectivity index (χ0) is 15.1. The zero-order valence-corrected chi connectivity index (χ0v) is 11.8. The number of amides is 1. The van der Waals surface area contributed by atoms with E-state index < -0.39 is 0 Å². The van der Waals surface area contributed by atoms with E-state index in [0.717, 1.165) is 13.0 Å². The van der Waals surface area contributed by atoms with Gasteiger partial charge in [-0.15, -0.1) is 0 Å². The number of benzene rings is 1. The van der Waals surface area contributed by atoms with Gasteiger partial charge in [-0.05, 0) is 30.7 Å². The monoisotopic (exact) mass is 280 g/mol. The van der Waals surface area contributed by atoms with Gasteiger partial charge in [0.05, 0.1) is 16.8 Å². The van der Waals surface area contributed by atoms with Crippen LogP contribution < -0.4 is 10.6 Å². The molecule has 0 aliphatic heterocycles. The summed E-state index contributed by atoms with van der Waals surface area (Å²) in [5, 5.41) is 14.9. The van der Waals surface area contributed by atoms with Crippen molar-refractivity contribution >= 4 is 17.4 Å². The normalized spacial score (nSPS) is 9.71. The number of nitrogens with one attached hydrogen (secondary N) is 2. The Hall–Kier alpha value is -2.87. The van der Waals surface area contributed by atoms with Crippen LogP contribution in [0.3, 0.4) is 0 Å². The van der Waals surface area contributed by atoms with Gasteiger partial charge in [0.15, 0.2) is 0 Å². The van der Waals surface area contributed by atoms with Crippen molar-refractivity contribution in [3.05, 3.63) is 53.7 Å². The molecule has 1 amide bonds.